The lowest BCUT2D eigenvalue weighted by atomic mass is 9.88. The number of nitrogens with zero attached hydrogens (tertiary/aromatic N) is 2. The number of rotatable bonds is 3. The highest BCUT2D eigenvalue weighted by atomic mass is 16.6. The Morgan fingerprint density at radius 1 is 1.10 bits per heavy atom. The zero-order valence-corrected chi connectivity index (χ0v) is 18.8. The summed E-state index contributed by atoms with van der Waals surface area (Å²) < 4.78 is 10.8. The Hall–Kier alpha value is -2.54. The number of hydrogen-bond acceptors (Lipinski definition) is 6. The van der Waals surface area contributed by atoms with Gasteiger partial charge in [0.15, 0.2) is 0 Å². The summed E-state index contributed by atoms with van der Waals surface area (Å²) in [5.41, 5.74) is 2.96. The summed E-state index contributed by atoms with van der Waals surface area (Å²) in [6.45, 7) is 7.02. The van der Waals surface area contributed by atoms with Gasteiger partial charge in [-0.25, -0.2) is 9.59 Å². The van der Waals surface area contributed by atoms with Crippen molar-refractivity contribution in [3.63, 3.8) is 0 Å². The predicted octanol–water partition coefficient (Wildman–Crippen LogP) is 3.36. The highest BCUT2D eigenvalue weighted by molar-refractivity contribution is 6.00. The molecule has 2 bridgehead atoms. The lowest BCUT2D eigenvalue weighted by Gasteiger charge is -2.38. The normalized spacial score (nSPS) is 25.8. The van der Waals surface area contributed by atoms with E-state index in [0.717, 1.165) is 42.6 Å². The van der Waals surface area contributed by atoms with E-state index in [0.29, 0.717) is 18.5 Å². The van der Waals surface area contributed by atoms with Crippen LogP contribution < -0.4 is 4.90 Å². The van der Waals surface area contributed by atoms with Crippen LogP contribution in [0.2, 0.25) is 0 Å². The molecule has 2 fully saturated rings. The van der Waals surface area contributed by atoms with E-state index in [9.17, 15) is 14.7 Å². The summed E-state index contributed by atoms with van der Waals surface area (Å²) in [5, 5.41) is 9.80. The minimum atomic E-state index is -0.592. The summed E-state index contributed by atoms with van der Waals surface area (Å²) in [4.78, 5) is 29.6. The monoisotopic (exact) mass is 428 g/mol. The lowest BCUT2D eigenvalue weighted by molar-refractivity contribution is -0.136. The van der Waals surface area contributed by atoms with Gasteiger partial charge in [-0.3, -0.25) is 4.90 Å². The van der Waals surface area contributed by atoms with E-state index in [1.165, 1.54) is 7.11 Å². The first-order valence-electron chi connectivity index (χ1n) is 11.0. The summed E-state index contributed by atoms with van der Waals surface area (Å²) >= 11 is 0. The van der Waals surface area contributed by atoms with E-state index in [2.05, 4.69) is 4.90 Å². The maximum absolute atomic E-state index is 12.9. The number of β-amino-alcohol motifs (C(OH)–C–C–N with tert-alkyl or cyclic N) is 1. The van der Waals surface area contributed by atoms with Gasteiger partial charge in [0.25, 0.3) is 0 Å². The van der Waals surface area contributed by atoms with E-state index in [-0.39, 0.29) is 30.3 Å². The van der Waals surface area contributed by atoms with Crippen LogP contribution in [-0.4, -0.2) is 66.1 Å². The van der Waals surface area contributed by atoms with Crippen LogP contribution in [-0.2, 0) is 14.3 Å². The highest BCUT2D eigenvalue weighted by Crippen LogP contribution is 2.44. The number of esters is 1. The third-order valence-electron chi connectivity index (χ3n) is 6.35. The van der Waals surface area contributed by atoms with Gasteiger partial charge in [0.1, 0.15) is 5.60 Å². The average molecular weight is 429 g/mol. The molecule has 1 aromatic carbocycles. The van der Waals surface area contributed by atoms with Gasteiger partial charge < -0.3 is 19.5 Å². The van der Waals surface area contributed by atoms with Crippen LogP contribution in [0.15, 0.2) is 29.8 Å². The molecule has 1 amide bonds. The van der Waals surface area contributed by atoms with Crippen molar-refractivity contribution >= 4 is 23.3 Å². The lowest BCUT2D eigenvalue weighted by Crippen LogP contribution is -2.48. The number of fused-ring (bicyclic) bond motifs is 2. The molecule has 0 aromatic heterocycles. The molecule has 1 N–H and O–H groups in total. The molecule has 7 heteroatoms. The molecule has 0 aliphatic carbocycles. The van der Waals surface area contributed by atoms with Crippen LogP contribution in [0.4, 0.5) is 10.5 Å². The minimum absolute atomic E-state index is 0.0108. The Morgan fingerprint density at radius 2 is 1.81 bits per heavy atom. The van der Waals surface area contributed by atoms with Gasteiger partial charge in [0.05, 0.1) is 24.8 Å². The number of hydrogen-bond donors (Lipinski definition) is 1. The van der Waals surface area contributed by atoms with Crippen molar-refractivity contribution in [2.45, 2.75) is 70.2 Å². The van der Waals surface area contributed by atoms with Gasteiger partial charge in [-0.05, 0) is 69.7 Å². The number of ether oxygens (including phenoxy) is 2. The number of aliphatic hydroxyl groups is 1. The van der Waals surface area contributed by atoms with Crippen LogP contribution in [0, 0.1) is 0 Å². The fourth-order valence-corrected chi connectivity index (χ4v) is 5.00. The Morgan fingerprint density at radius 3 is 2.39 bits per heavy atom. The molecule has 3 aliphatic rings. The third-order valence-corrected chi connectivity index (χ3v) is 6.35. The molecular formula is C24H32N2O5. The van der Waals surface area contributed by atoms with Crippen LogP contribution in [0.5, 0.6) is 0 Å². The summed E-state index contributed by atoms with van der Waals surface area (Å²) in [6, 6.07) is 7.82. The Labute approximate surface area is 183 Å². The fraction of sp³-hybridized carbons (Fsp3) is 0.583. The van der Waals surface area contributed by atoms with Gasteiger partial charge in [-0.2, -0.15) is 0 Å². The molecule has 31 heavy (non-hydrogen) atoms. The van der Waals surface area contributed by atoms with Gasteiger partial charge in [-0.15, -0.1) is 0 Å². The van der Waals surface area contributed by atoms with E-state index in [1.54, 1.807) is 4.90 Å². The smallest absolute Gasteiger partial charge is 0.411 e. The Bertz CT molecular complexity index is 886. The number of amides is 1. The molecule has 3 aliphatic heterocycles. The van der Waals surface area contributed by atoms with Crippen molar-refractivity contribution in [2.24, 2.45) is 0 Å². The number of methoxy groups -OCH3 is 1. The molecule has 4 rings (SSSR count). The number of benzene rings is 1. The number of anilines is 1. The first-order chi connectivity index (χ1) is 14.7. The Balaban J connectivity index is 1.65. The minimum Gasteiger partial charge on any atom is -0.466 e. The van der Waals surface area contributed by atoms with Crippen LogP contribution in [0.25, 0.3) is 5.57 Å². The predicted molar refractivity (Wildman–Crippen MR) is 118 cm³/mol. The van der Waals surface area contributed by atoms with Crippen molar-refractivity contribution in [2.75, 3.05) is 25.1 Å². The van der Waals surface area contributed by atoms with Gasteiger partial charge >= 0.3 is 12.1 Å². The maximum Gasteiger partial charge on any atom is 0.411 e. The molecule has 168 valence electrons. The van der Waals surface area contributed by atoms with Gasteiger partial charge in [0, 0.05) is 24.8 Å². The van der Waals surface area contributed by atoms with Crippen molar-refractivity contribution in [3.8, 4) is 0 Å². The number of carbonyl (C=O) groups excluding carboxylic acids is 2. The quantitative estimate of drug-likeness (QED) is 0.744. The fourth-order valence-electron chi connectivity index (χ4n) is 5.00. The SMILES string of the molecule is COC(=O)C1=C(c2ccc(N3CC[C@H](O)C3)cc2)C[C@H]2CC[C@@H]1N2C(=O)OC(C)(C)C. The molecule has 0 saturated carbocycles. The Kier molecular flexibility index (Phi) is 5.73. The van der Waals surface area contributed by atoms with Crippen molar-refractivity contribution in [1.82, 2.24) is 4.90 Å². The van der Waals surface area contributed by atoms with Gasteiger partial charge in [-0.1, -0.05) is 12.1 Å². The molecule has 3 heterocycles. The van der Waals surface area contributed by atoms with Crippen LogP contribution >= 0.6 is 0 Å². The molecule has 0 radical (unpaired) electrons. The topological polar surface area (TPSA) is 79.3 Å². The van der Waals surface area contributed by atoms with Gasteiger partial charge in [0.2, 0.25) is 0 Å². The molecule has 7 nitrogen and oxygen atoms in total. The van der Waals surface area contributed by atoms with Crippen LogP contribution in [0.1, 0.15) is 52.0 Å². The molecule has 1 aromatic rings. The van der Waals surface area contributed by atoms with Crippen LogP contribution in [0.3, 0.4) is 0 Å². The molecule has 0 spiro atoms. The second-order valence-corrected chi connectivity index (χ2v) is 9.66. The second kappa shape index (κ2) is 8.19. The first kappa shape index (κ1) is 21.7. The summed E-state index contributed by atoms with van der Waals surface area (Å²) in [5.74, 6) is -0.388. The van der Waals surface area contributed by atoms with E-state index in [1.807, 2.05) is 45.0 Å². The summed E-state index contributed by atoms with van der Waals surface area (Å²) in [7, 11) is 1.38. The van der Waals surface area contributed by atoms with E-state index < -0.39 is 5.60 Å². The van der Waals surface area contributed by atoms with Crippen molar-refractivity contribution in [3.05, 3.63) is 35.4 Å². The van der Waals surface area contributed by atoms with Crippen molar-refractivity contribution < 1.29 is 24.2 Å². The number of aliphatic hydroxyl groups excluding tert-OH is 1. The standard InChI is InChI=1S/C24H32N2O5/c1-24(2,3)31-23(29)26-17-9-10-20(26)21(22(28)30-4)19(13-17)15-5-7-16(8-6-15)25-12-11-18(27)14-25/h5-8,17-18,20,27H,9-14H2,1-4H3/t17-,18+,20+/m1/s1. The third kappa shape index (κ3) is 4.28. The largest absolute Gasteiger partial charge is 0.466 e. The highest BCUT2D eigenvalue weighted by Gasteiger charge is 2.48. The zero-order valence-electron chi connectivity index (χ0n) is 18.8. The van der Waals surface area contributed by atoms with E-state index >= 15 is 0 Å². The molecule has 0 unspecified atom stereocenters. The second-order valence-electron chi connectivity index (χ2n) is 9.66. The molecular weight excluding hydrogens is 396 g/mol. The van der Waals surface area contributed by atoms with Crippen molar-refractivity contribution in [1.29, 1.82) is 0 Å². The van der Waals surface area contributed by atoms with E-state index in [4.69, 9.17) is 9.47 Å². The molecule has 3 atom stereocenters. The maximum atomic E-state index is 12.9. The molecule has 2 saturated heterocycles. The number of carbonyl (C=O) groups is 2. The summed E-state index contributed by atoms with van der Waals surface area (Å²) in [6.07, 6.45) is 2.29. The zero-order chi connectivity index (χ0) is 22.3. The first-order valence-corrected chi connectivity index (χ1v) is 11.0. The average Bonchev–Trinajstić information content (AvgIpc) is 3.28.